The average molecular weight is 1050 g/mol. The SMILES string of the molecule is CCCCC/C=C\C/C=C\C/C=C\CCCCCCCCC(=O)OC[C@@H](COC(=O)CCCCCCCCCCCCCCCCCCCCC)OC(=O)CCCCCCCCC/C=C\CCCCCCCCCC. The van der Waals surface area contributed by atoms with Gasteiger partial charge in [-0.1, -0.05) is 301 Å². The molecule has 0 N–H and O–H groups in total. The fraction of sp³-hybridized carbons (Fsp3) is 0.841. The van der Waals surface area contributed by atoms with Gasteiger partial charge in [0.1, 0.15) is 13.2 Å². The third-order valence-electron chi connectivity index (χ3n) is 14.8. The molecule has 1 atom stereocenters. The summed E-state index contributed by atoms with van der Waals surface area (Å²) in [6.07, 6.45) is 79.7. The molecule has 0 aliphatic heterocycles. The summed E-state index contributed by atoms with van der Waals surface area (Å²) >= 11 is 0. The van der Waals surface area contributed by atoms with E-state index in [0.29, 0.717) is 19.3 Å². The Morgan fingerprint density at radius 1 is 0.267 bits per heavy atom. The Hall–Kier alpha value is -2.63. The van der Waals surface area contributed by atoms with E-state index in [9.17, 15) is 14.4 Å². The number of rotatable bonds is 61. The Morgan fingerprint density at radius 2 is 0.480 bits per heavy atom. The molecule has 6 heteroatoms. The number of carbonyl (C=O) groups excluding carboxylic acids is 3. The Kier molecular flexibility index (Phi) is 61.7. The summed E-state index contributed by atoms with van der Waals surface area (Å²) in [5.41, 5.74) is 0. The van der Waals surface area contributed by atoms with E-state index in [1.165, 1.54) is 238 Å². The largest absolute Gasteiger partial charge is 0.462 e. The lowest BCUT2D eigenvalue weighted by Crippen LogP contribution is -2.30. The van der Waals surface area contributed by atoms with Gasteiger partial charge in [-0.15, -0.1) is 0 Å². The van der Waals surface area contributed by atoms with Crippen molar-refractivity contribution in [3.8, 4) is 0 Å². The van der Waals surface area contributed by atoms with Gasteiger partial charge in [-0.25, -0.2) is 0 Å². The van der Waals surface area contributed by atoms with Crippen molar-refractivity contribution in [1.29, 1.82) is 0 Å². The molecule has 0 rings (SSSR count). The maximum Gasteiger partial charge on any atom is 0.306 e. The van der Waals surface area contributed by atoms with Gasteiger partial charge in [0.2, 0.25) is 0 Å². The number of hydrogen-bond donors (Lipinski definition) is 0. The van der Waals surface area contributed by atoms with E-state index in [2.05, 4.69) is 69.4 Å². The highest BCUT2D eigenvalue weighted by Gasteiger charge is 2.19. The van der Waals surface area contributed by atoms with Crippen molar-refractivity contribution in [1.82, 2.24) is 0 Å². The second-order valence-corrected chi connectivity index (χ2v) is 22.4. The minimum atomic E-state index is -0.780. The predicted molar refractivity (Wildman–Crippen MR) is 325 cm³/mol. The lowest BCUT2D eigenvalue weighted by Gasteiger charge is -2.18. The van der Waals surface area contributed by atoms with Crippen molar-refractivity contribution < 1.29 is 28.6 Å². The van der Waals surface area contributed by atoms with Gasteiger partial charge in [0.05, 0.1) is 0 Å². The van der Waals surface area contributed by atoms with Crippen LogP contribution in [0.5, 0.6) is 0 Å². The molecule has 0 aliphatic carbocycles. The van der Waals surface area contributed by atoms with Crippen LogP contribution in [0.3, 0.4) is 0 Å². The summed E-state index contributed by atoms with van der Waals surface area (Å²) in [4.78, 5) is 38.4. The van der Waals surface area contributed by atoms with Gasteiger partial charge in [0, 0.05) is 19.3 Å². The van der Waals surface area contributed by atoms with Crippen molar-refractivity contribution in [3.63, 3.8) is 0 Å². The predicted octanol–water partition coefficient (Wildman–Crippen LogP) is 22.6. The maximum absolute atomic E-state index is 12.9. The summed E-state index contributed by atoms with van der Waals surface area (Å²) in [6, 6.07) is 0. The van der Waals surface area contributed by atoms with Gasteiger partial charge in [-0.3, -0.25) is 14.4 Å². The van der Waals surface area contributed by atoms with E-state index in [1.807, 2.05) is 0 Å². The summed E-state index contributed by atoms with van der Waals surface area (Å²) in [5, 5.41) is 0. The van der Waals surface area contributed by atoms with E-state index in [0.717, 1.165) is 77.0 Å². The van der Waals surface area contributed by atoms with Crippen LogP contribution < -0.4 is 0 Å². The van der Waals surface area contributed by atoms with Crippen LogP contribution in [0.1, 0.15) is 355 Å². The molecule has 0 amide bonds. The number of hydrogen-bond acceptors (Lipinski definition) is 6. The molecule has 0 unspecified atom stereocenters. The maximum atomic E-state index is 12.9. The second kappa shape index (κ2) is 63.9. The number of allylic oxidation sites excluding steroid dienone is 8. The molecule has 0 aromatic carbocycles. The van der Waals surface area contributed by atoms with E-state index in [4.69, 9.17) is 14.2 Å². The van der Waals surface area contributed by atoms with Crippen LogP contribution in [0.25, 0.3) is 0 Å². The van der Waals surface area contributed by atoms with Crippen LogP contribution >= 0.6 is 0 Å². The van der Waals surface area contributed by atoms with Crippen LogP contribution in [0.4, 0.5) is 0 Å². The lowest BCUT2D eigenvalue weighted by molar-refractivity contribution is -0.167. The normalized spacial score (nSPS) is 12.3. The second-order valence-electron chi connectivity index (χ2n) is 22.4. The van der Waals surface area contributed by atoms with Crippen LogP contribution in [0, 0.1) is 0 Å². The first kappa shape index (κ1) is 72.4. The summed E-state index contributed by atoms with van der Waals surface area (Å²) in [7, 11) is 0. The van der Waals surface area contributed by atoms with Gasteiger partial charge in [0.15, 0.2) is 6.10 Å². The van der Waals surface area contributed by atoms with Crippen LogP contribution in [-0.4, -0.2) is 37.2 Å². The van der Waals surface area contributed by atoms with Crippen molar-refractivity contribution >= 4 is 17.9 Å². The average Bonchev–Trinajstić information content (AvgIpc) is 3.41. The number of carbonyl (C=O) groups is 3. The topological polar surface area (TPSA) is 78.9 Å². The first-order chi connectivity index (χ1) is 37.0. The third-order valence-corrected chi connectivity index (χ3v) is 14.8. The van der Waals surface area contributed by atoms with Gasteiger partial charge < -0.3 is 14.2 Å². The molecule has 0 saturated carbocycles. The van der Waals surface area contributed by atoms with Crippen molar-refractivity contribution in [2.24, 2.45) is 0 Å². The number of unbranched alkanes of at least 4 members (excludes halogenated alkanes) is 42. The Morgan fingerprint density at radius 3 is 0.787 bits per heavy atom. The molecule has 0 saturated heterocycles. The molecule has 0 bridgehead atoms. The minimum absolute atomic E-state index is 0.0753. The first-order valence-electron chi connectivity index (χ1n) is 33.1. The molecular formula is C69H126O6. The molecule has 0 aromatic rings. The van der Waals surface area contributed by atoms with E-state index in [-0.39, 0.29) is 31.1 Å². The zero-order chi connectivity index (χ0) is 54.3. The Bertz CT molecular complexity index is 1300. The fourth-order valence-corrected chi connectivity index (χ4v) is 9.80. The number of esters is 3. The van der Waals surface area contributed by atoms with E-state index < -0.39 is 6.10 Å². The molecule has 0 aliphatic rings. The Balaban J connectivity index is 4.37. The number of ether oxygens (including phenoxy) is 3. The van der Waals surface area contributed by atoms with Crippen molar-refractivity contribution in [2.75, 3.05) is 13.2 Å². The zero-order valence-electron chi connectivity index (χ0n) is 50.3. The van der Waals surface area contributed by atoms with Crippen LogP contribution in [0.15, 0.2) is 48.6 Å². The smallest absolute Gasteiger partial charge is 0.306 e. The third kappa shape index (κ3) is 62.1. The molecular weight excluding hydrogens is 925 g/mol. The summed E-state index contributed by atoms with van der Waals surface area (Å²) in [5.74, 6) is -0.869. The first-order valence-corrected chi connectivity index (χ1v) is 33.1. The van der Waals surface area contributed by atoms with Gasteiger partial charge in [-0.2, -0.15) is 0 Å². The molecule has 438 valence electrons. The zero-order valence-corrected chi connectivity index (χ0v) is 50.3. The highest BCUT2D eigenvalue weighted by molar-refractivity contribution is 5.71. The fourth-order valence-electron chi connectivity index (χ4n) is 9.80. The van der Waals surface area contributed by atoms with Gasteiger partial charge in [-0.05, 0) is 83.5 Å². The summed E-state index contributed by atoms with van der Waals surface area (Å²) in [6.45, 7) is 6.66. The molecule has 0 fully saturated rings. The van der Waals surface area contributed by atoms with Crippen LogP contribution in [-0.2, 0) is 28.6 Å². The molecule has 0 aromatic heterocycles. The van der Waals surface area contributed by atoms with Crippen molar-refractivity contribution in [2.45, 2.75) is 361 Å². The molecule has 0 radical (unpaired) electrons. The van der Waals surface area contributed by atoms with Gasteiger partial charge >= 0.3 is 17.9 Å². The molecule has 75 heavy (non-hydrogen) atoms. The van der Waals surface area contributed by atoms with Gasteiger partial charge in [0.25, 0.3) is 0 Å². The molecule has 0 spiro atoms. The van der Waals surface area contributed by atoms with Crippen LogP contribution in [0.2, 0.25) is 0 Å². The monoisotopic (exact) mass is 1050 g/mol. The molecule has 6 nitrogen and oxygen atoms in total. The van der Waals surface area contributed by atoms with E-state index in [1.54, 1.807) is 0 Å². The molecule has 0 heterocycles. The Labute approximate surface area is 467 Å². The quantitative estimate of drug-likeness (QED) is 0.0261. The van der Waals surface area contributed by atoms with Crippen molar-refractivity contribution in [3.05, 3.63) is 48.6 Å². The highest BCUT2D eigenvalue weighted by Crippen LogP contribution is 2.17. The standard InChI is InChI=1S/C69H126O6/c1-4-7-10-13-16-19-22-25-28-31-34-37-40-43-46-49-52-55-58-61-67(70)73-64-66(75-69(72)63-60-57-54-51-48-45-42-39-36-33-30-27-24-21-18-15-12-9-6-3)65-74-68(71)62-59-56-53-50-47-44-41-38-35-32-29-26-23-20-17-14-11-8-5-2/h16,19,25,28,33-34,36-37,66H,4-15,17-18,20-24,26-27,29-32,35,38-65H2,1-3H3/b19-16-,28-25-,36-33-,37-34-/t66-/m0/s1. The minimum Gasteiger partial charge on any atom is -0.462 e. The highest BCUT2D eigenvalue weighted by atomic mass is 16.6. The lowest BCUT2D eigenvalue weighted by atomic mass is 10.0. The summed E-state index contributed by atoms with van der Waals surface area (Å²) < 4.78 is 17.0. The van der Waals surface area contributed by atoms with E-state index >= 15 is 0 Å².